The smallest absolute Gasteiger partial charge is 0.217 e. The minimum absolute atomic E-state index is 0.0583. The quantitative estimate of drug-likeness (QED) is 0.202. The molecule has 4 aliphatic rings. The van der Waals surface area contributed by atoms with Crippen LogP contribution in [0, 0.1) is 52.3 Å². The van der Waals surface area contributed by atoms with Crippen LogP contribution in [-0.2, 0) is 43.7 Å². The van der Waals surface area contributed by atoms with Gasteiger partial charge in [-0.05, 0) is 97.2 Å². The zero-order chi connectivity index (χ0) is 30.8. The first-order valence-corrected chi connectivity index (χ1v) is 18.2. The minimum atomic E-state index is -5.34. The first kappa shape index (κ1) is 33.2. The highest BCUT2D eigenvalue weighted by atomic mass is 32.3. The van der Waals surface area contributed by atoms with Crippen molar-refractivity contribution in [2.45, 2.75) is 97.9 Å². The van der Waals surface area contributed by atoms with Gasteiger partial charge in [-0.3, -0.25) is 12.5 Å². The minimum Gasteiger partial charge on any atom is -0.726 e. The van der Waals surface area contributed by atoms with Gasteiger partial charge in [-0.1, -0.05) is 46.8 Å². The molecule has 4 aliphatic carbocycles. The molecule has 0 aromatic carbocycles. The molecule has 0 radical (unpaired) electrons. The van der Waals surface area contributed by atoms with E-state index in [-0.39, 0.29) is 42.4 Å². The molecule has 0 amide bonds. The standard InChI is InChI=1S/C26H44O12S3/c1-15(2)6-7-16(3)18-8-9-19-17-12-22(36-39(27,28)29)21-13-23(37-40(30,31)32)24(38-41(33,34)35)14-26(21,5)20(17)10-11-25(18,19)4/h6-7,15-24H,8-14H2,1-5H3,(H,27,28,29)(H,30,31,32)(H,33,34,35)/p-3/b7-6+/t16-,17+,18-,19+,20+,21-,22+,23+,24+,25-,26-/m1/s1. The summed E-state index contributed by atoms with van der Waals surface area (Å²) in [4.78, 5) is 0. The van der Waals surface area contributed by atoms with Crippen molar-refractivity contribution in [3.05, 3.63) is 12.2 Å². The maximum absolute atomic E-state index is 11.9. The van der Waals surface area contributed by atoms with E-state index in [9.17, 15) is 38.9 Å². The second-order valence-corrected chi connectivity index (χ2v) is 16.5. The Morgan fingerprint density at radius 2 is 1.22 bits per heavy atom. The predicted octanol–water partition coefficient (Wildman–Crippen LogP) is 3.25. The highest BCUT2D eigenvalue weighted by Crippen LogP contribution is 2.69. The van der Waals surface area contributed by atoms with Gasteiger partial charge in [0.1, 0.15) is 12.2 Å². The molecule has 238 valence electrons. The maximum atomic E-state index is 11.9. The van der Waals surface area contributed by atoms with E-state index in [0.29, 0.717) is 17.8 Å². The van der Waals surface area contributed by atoms with E-state index in [4.69, 9.17) is 8.37 Å². The van der Waals surface area contributed by atoms with Crippen LogP contribution in [-0.4, -0.2) is 57.2 Å². The van der Waals surface area contributed by atoms with Crippen molar-refractivity contribution in [2.24, 2.45) is 52.3 Å². The van der Waals surface area contributed by atoms with Crippen molar-refractivity contribution in [3.8, 4) is 0 Å². The highest BCUT2D eigenvalue weighted by molar-refractivity contribution is 7.81. The van der Waals surface area contributed by atoms with Crippen LogP contribution in [0.25, 0.3) is 0 Å². The molecule has 12 nitrogen and oxygen atoms in total. The summed E-state index contributed by atoms with van der Waals surface area (Å²) in [6.07, 6.45) is 3.24. The summed E-state index contributed by atoms with van der Waals surface area (Å²) in [6, 6.07) is 0. The van der Waals surface area contributed by atoms with Gasteiger partial charge in [-0.15, -0.1) is 0 Å². The third kappa shape index (κ3) is 7.19. The lowest BCUT2D eigenvalue weighted by atomic mass is 9.43. The van der Waals surface area contributed by atoms with Crippen molar-refractivity contribution in [2.75, 3.05) is 0 Å². The van der Waals surface area contributed by atoms with Gasteiger partial charge < -0.3 is 13.7 Å². The molecular formula is C26H41O12S3-3. The summed E-state index contributed by atoms with van der Waals surface area (Å²) in [5, 5.41) is 0. The molecule has 0 heterocycles. The molecule has 0 unspecified atom stereocenters. The van der Waals surface area contributed by atoms with Crippen LogP contribution in [0.5, 0.6) is 0 Å². The third-order valence-electron chi connectivity index (χ3n) is 10.9. The van der Waals surface area contributed by atoms with E-state index >= 15 is 0 Å². The Balaban J connectivity index is 1.72. The Bertz CT molecular complexity index is 1330. The van der Waals surface area contributed by atoms with Gasteiger partial charge >= 0.3 is 0 Å². The zero-order valence-electron chi connectivity index (χ0n) is 24.0. The number of rotatable bonds is 9. The van der Waals surface area contributed by atoms with Crippen LogP contribution in [0.15, 0.2) is 12.2 Å². The van der Waals surface area contributed by atoms with Crippen LogP contribution in [0.1, 0.15) is 79.6 Å². The second kappa shape index (κ2) is 11.4. The van der Waals surface area contributed by atoms with Crippen LogP contribution < -0.4 is 0 Å². The first-order valence-electron chi connectivity index (χ1n) is 14.2. The van der Waals surface area contributed by atoms with Gasteiger partial charge in [-0.25, -0.2) is 25.3 Å². The third-order valence-corrected chi connectivity index (χ3v) is 12.3. The summed E-state index contributed by atoms with van der Waals surface area (Å²) >= 11 is 0. The van der Waals surface area contributed by atoms with Crippen molar-refractivity contribution in [1.29, 1.82) is 0 Å². The molecule has 4 saturated carbocycles. The molecule has 0 N–H and O–H groups in total. The summed E-state index contributed by atoms with van der Waals surface area (Å²) in [5.74, 6) is 0.393. The first-order chi connectivity index (χ1) is 18.6. The number of hydrogen-bond acceptors (Lipinski definition) is 12. The molecule has 0 bridgehead atoms. The lowest BCUT2D eigenvalue weighted by Gasteiger charge is -2.63. The Morgan fingerprint density at radius 1 is 0.683 bits per heavy atom. The summed E-state index contributed by atoms with van der Waals surface area (Å²) in [7, 11) is -15.8. The van der Waals surface area contributed by atoms with Crippen molar-refractivity contribution < 1.29 is 51.5 Å². The molecule has 0 aliphatic heterocycles. The molecule has 0 saturated heterocycles. The molecule has 0 aromatic rings. The highest BCUT2D eigenvalue weighted by Gasteiger charge is 2.64. The summed E-state index contributed by atoms with van der Waals surface area (Å²) in [5.41, 5.74) is -0.958. The predicted molar refractivity (Wildman–Crippen MR) is 143 cm³/mol. The average Bonchev–Trinajstić information content (AvgIpc) is 3.13. The van der Waals surface area contributed by atoms with E-state index in [1.54, 1.807) is 0 Å². The van der Waals surface area contributed by atoms with E-state index in [1.807, 2.05) is 6.92 Å². The SMILES string of the molecule is CC(C)/C=C/[C@@H](C)[C@H]1CC[C@H]2[C@@H]3C[C@H](OS(=O)(=O)[O-])[C@H]4C[C@H](OS(=O)(=O)[O-])[C@@H](OS(=O)(=O)[O-])C[C@]4(C)[C@H]3CC[C@]12C. The van der Waals surface area contributed by atoms with Crippen LogP contribution in [0.2, 0.25) is 0 Å². The Morgan fingerprint density at radius 3 is 1.78 bits per heavy atom. The van der Waals surface area contributed by atoms with E-state index < -0.39 is 60.8 Å². The monoisotopic (exact) mass is 641 g/mol. The van der Waals surface area contributed by atoms with Crippen molar-refractivity contribution in [1.82, 2.24) is 0 Å². The fourth-order valence-corrected chi connectivity index (χ4v) is 11.0. The molecule has 4 fully saturated rings. The number of hydrogen-bond donors (Lipinski definition) is 0. The molecule has 0 spiro atoms. The van der Waals surface area contributed by atoms with Crippen molar-refractivity contribution in [3.63, 3.8) is 0 Å². The van der Waals surface area contributed by atoms with E-state index in [1.165, 1.54) is 0 Å². The van der Waals surface area contributed by atoms with Gasteiger partial charge in [0.05, 0.1) is 6.10 Å². The zero-order valence-corrected chi connectivity index (χ0v) is 26.5. The normalized spacial score (nSPS) is 42.6. The lowest BCUT2D eigenvalue weighted by molar-refractivity contribution is -0.183. The number of allylic oxidation sites excluding steroid dienone is 2. The largest absolute Gasteiger partial charge is 0.726 e. The molecule has 0 aromatic heterocycles. The lowest BCUT2D eigenvalue weighted by Crippen LogP contribution is -2.62. The van der Waals surface area contributed by atoms with E-state index in [2.05, 4.69) is 44.0 Å². The summed E-state index contributed by atoms with van der Waals surface area (Å²) in [6.45, 7) is 10.6. The van der Waals surface area contributed by atoms with Crippen LogP contribution >= 0.6 is 0 Å². The van der Waals surface area contributed by atoms with Gasteiger partial charge in [-0.2, -0.15) is 0 Å². The van der Waals surface area contributed by atoms with Gasteiger partial charge in [0, 0.05) is 0 Å². The van der Waals surface area contributed by atoms with E-state index in [0.717, 1.165) is 25.7 Å². The molecule has 15 heteroatoms. The molecular weight excluding hydrogens is 600 g/mol. The Labute approximate surface area is 244 Å². The van der Waals surface area contributed by atoms with Gasteiger partial charge in [0.2, 0.25) is 31.2 Å². The van der Waals surface area contributed by atoms with Gasteiger partial charge in [0.15, 0.2) is 0 Å². The Hall–Kier alpha value is -0.650. The fourth-order valence-electron chi connectivity index (χ4n) is 9.45. The topological polar surface area (TPSA) is 199 Å². The van der Waals surface area contributed by atoms with Crippen molar-refractivity contribution >= 4 is 31.2 Å². The maximum Gasteiger partial charge on any atom is 0.217 e. The van der Waals surface area contributed by atoms with Crippen LogP contribution in [0.4, 0.5) is 0 Å². The fraction of sp³-hybridized carbons (Fsp3) is 0.923. The molecule has 11 atom stereocenters. The Kier molecular flexibility index (Phi) is 9.22. The molecule has 41 heavy (non-hydrogen) atoms. The van der Waals surface area contributed by atoms with Gasteiger partial charge in [0.25, 0.3) is 0 Å². The van der Waals surface area contributed by atoms with Crippen LogP contribution in [0.3, 0.4) is 0 Å². The summed E-state index contributed by atoms with van der Waals surface area (Å²) < 4.78 is 119. The molecule has 4 rings (SSSR count). The second-order valence-electron chi connectivity index (χ2n) is 13.5. The number of fused-ring (bicyclic) bond motifs is 5. The average molecular weight is 642 g/mol.